The molecule has 0 N–H and O–H groups in total. The van der Waals surface area contributed by atoms with E-state index in [1.807, 2.05) is 0 Å². The predicted molar refractivity (Wildman–Crippen MR) is 163 cm³/mol. The Labute approximate surface area is 279 Å². The lowest BCUT2D eigenvalue weighted by molar-refractivity contribution is -0.138. The number of halogens is 12. The van der Waals surface area contributed by atoms with Gasteiger partial charge in [-0.25, -0.2) is 0 Å². The van der Waals surface area contributed by atoms with E-state index in [0.29, 0.717) is 0 Å². The molecular formula is C34H13B2F12NO2. The van der Waals surface area contributed by atoms with E-state index in [-0.39, 0.29) is 72.8 Å². The molecule has 5 aromatic carbocycles. The molecule has 17 heteroatoms. The van der Waals surface area contributed by atoms with Crippen molar-refractivity contribution in [3.05, 3.63) is 101 Å². The second kappa shape index (κ2) is 9.76. The number of ether oxygens (including phenoxy) is 2. The molecule has 4 aliphatic rings. The van der Waals surface area contributed by atoms with Crippen LogP contribution < -0.4 is 47.2 Å². The predicted octanol–water partition coefficient (Wildman–Crippen LogP) is 7.10. The van der Waals surface area contributed by atoms with Gasteiger partial charge in [-0.1, -0.05) is 24.3 Å². The Balaban J connectivity index is 1.41. The highest BCUT2D eigenvalue weighted by Gasteiger charge is 2.52. The Morgan fingerprint density at radius 1 is 0.392 bits per heavy atom. The normalized spacial score (nSPS) is 15.3. The van der Waals surface area contributed by atoms with E-state index in [2.05, 4.69) is 0 Å². The van der Waals surface area contributed by atoms with Crippen molar-refractivity contribution in [3.63, 3.8) is 0 Å². The molecule has 0 radical (unpaired) electrons. The number of hydrogen-bond donors (Lipinski definition) is 0. The van der Waals surface area contributed by atoms with Crippen molar-refractivity contribution >= 4 is 63.3 Å². The van der Waals surface area contributed by atoms with Crippen molar-refractivity contribution < 1.29 is 62.2 Å². The van der Waals surface area contributed by atoms with E-state index in [4.69, 9.17) is 9.47 Å². The molecule has 0 bridgehead atoms. The van der Waals surface area contributed by atoms with Gasteiger partial charge in [0.2, 0.25) is 0 Å². The van der Waals surface area contributed by atoms with Gasteiger partial charge in [0.25, 0.3) is 13.4 Å². The summed E-state index contributed by atoms with van der Waals surface area (Å²) in [6.45, 7) is -2.67. The highest BCUT2D eigenvalue weighted by atomic mass is 19.4. The standard InChI is InChI=1S/C34H13B2F12NO2/c37-31(38,39)14-1-5-22-18(9-14)35-20-11-16(33(43,44)45)3-7-24(20)50-26-13-27-29-30(28(26)35)49(22)23-6-2-15(32(40,41)42)10-19(23)36(29)21-12-17(34(46,47)48)4-8-25(21)51-27/h1-13H. The summed E-state index contributed by atoms with van der Waals surface area (Å²) in [4.78, 5) is 1.37. The van der Waals surface area contributed by atoms with Crippen molar-refractivity contribution in [2.75, 3.05) is 4.90 Å². The molecule has 0 fully saturated rings. The second-order valence-corrected chi connectivity index (χ2v) is 12.5. The lowest BCUT2D eigenvalue weighted by Crippen LogP contribution is -2.67. The first-order chi connectivity index (χ1) is 23.8. The van der Waals surface area contributed by atoms with E-state index < -0.39 is 60.4 Å². The molecule has 3 nitrogen and oxygen atoms in total. The van der Waals surface area contributed by atoms with Crippen LogP contribution >= 0.6 is 0 Å². The summed E-state index contributed by atoms with van der Waals surface area (Å²) < 4.78 is 181. The molecule has 0 saturated carbocycles. The second-order valence-electron chi connectivity index (χ2n) is 12.5. The zero-order valence-corrected chi connectivity index (χ0v) is 25.0. The SMILES string of the molecule is FC(F)(F)c1ccc2c(c1)B1c3cc(C(F)(F)F)ccc3N3c4ccc(C(F)(F)F)cc4B4c5cc(C(F)(F)F)ccc5Oc5cc(c1c3c54)O2. The molecule has 0 amide bonds. The van der Waals surface area contributed by atoms with E-state index in [1.165, 1.54) is 11.0 Å². The van der Waals surface area contributed by atoms with Crippen molar-refractivity contribution in [1.82, 2.24) is 0 Å². The van der Waals surface area contributed by atoms with Crippen LogP contribution in [-0.4, -0.2) is 13.4 Å². The maximum Gasteiger partial charge on any atom is 0.416 e. The largest absolute Gasteiger partial charge is 0.458 e. The fraction of sp³-hybridized carbons (Fsp3) is 0.118. The third-order valence-corrected chi connectivity index (χ3v) is 9.65. The third kappa shape index (κ3) is 4.51. The molecule has 5 aromatic rings. The molecule has 0 atom stereocenters. The summed E-state index contributed by atoms with van der Waals surface area (Å²) in [5, 5.41) is 0. The van der Waals surface area contributed by atoms with Crippen LogP contribution in [0.15, 0.2) is 78.9 Å². The van der Waals surface area contributed by atoms with Crippen molar-refractivity contribution in [1.29, 1.82) is 0 Å². The fourth-order valence-corrected chi connectivity index (χ4v) is 7.60. The minimum atomic E-state index is -4.89. The average Bonchev–Trinajstić information content (AvgIpc) is 3.04. The van der Waals surface area contributed by atoms with Crippen molar-refractivity contribution in [3.8, 4) is 23.0 Å². The summed E-state index contributed by atoms with van der Waals surface area (Å²) in [5.41, 5.74) is -4.78. The zero-order valence-electron chi connectivity index (χ0n) is 25.0. The van der Waals surface area contributed by atoms with Crippen molar-refractivity contribution in [2.24, 2.45) is 0 Å². The highest BCUT2D eigenvalue weighted by molar-refractivity contribution is 7.03. The maximum absolute atomic E-state index is 14.2. The monoisotopic (exact) mass is 717 g/mol. The van der Waals surface area contributed by atoms with Crippen LogP contribution in [0.4, 0.5) is 69.7 Å². The molecule has 0 aromatic heterocycles. The van der Waals surface area contributed by atoms with E-state index in [0.717, 1.165) is 72.8 Å². The molecule has 0 unspecified atom stereocenters. The Bertz CT molecular complexity index is 2210. The van der Waals surface area contributed by atoms with Gasteiger partial charge in [-0.05, 0) is 81.3 Å². The molecule has 51 heavy (non-hydrogen) atoms. The minimum absolute atomic E-state index is 0.000547. The number of alkyl halides is 12. The molecule has 0 aliphatic carbocycles. The Morgan fingerprint density at radius 2 is 0.725 bits per heavy atom. The van der Waals surface area contributed by atoms with Gasteiger partial charge in [-0.3, -0.25) is 0 Å². The van der Waals surface area contributed by atoms with Gasteiger partial charge in [-0.15, -0.1) is 0 Å². The fourth-order valence-electron chi connectivity index (χ4n) is 7.60. The minimum Gasteiger partial charge on any atom is -0.458 e. The van der Waals surface area contributed by atoms with Crippen LogP contribution in [-0.2, 0) is 24.7 Å². The van der Waals surface area contributed by atoms with Gasteiger partial charge < -0.3 is 14.4 Å². The Morgan fingerprint density at radius 3 is 1.08 bits per heavy atom. The van der Waals surface area contributed by atoms with Gasteiger partial charge in [0, 0.05) is 23.1 Å². The Kier molecular flexibility index (Phi) is 6.08. The number of fused-ring (bicyclic) bond motifs is 10. The van der Waals surface area contributed by atoms with Crippen LogP contribution in [0.1, 0.15) is 22.3 Å². The number of hydrogen-bond acceptors (Lipinski definition) is 3. The van der Waals surface area contributed by atoms with Crippen LogP contribution in [0.5, 0.6) is 23.0 Å². The smallest absolute Gasteiger partial charge is 0.416 e. The lowest BCUT2D eigenvalue weighted by Gasteiger charge is -2.47. The zero-order chi connectivity index (χ0) is 36.2. The van der Waals surface area contributed by atoms with Crippen molar-refractivity contribution in [2.45, 2.75) is 24.7 Å². The molecule has 4 aliphatic heterocycles. The van der Waals surface area contributed by atoms with Gasteiger partial charge in [0.1, 0.15) is 23.0 Å². The number of rotatable bonds is 0. The average molecular weight is 717 g/mol. The van der Waals surface area contributed by atoms with E-state index in [1.54, 1.807) is 0 Å². The van der Waals surface area contributed by atoms with E-state index >= 15 is 0 Å². The van der Waals surface area contributed by atoms with Crippen LogP contribution in [0.2, 0.25) is 0 Å². The molecule has 0 saturated heterocycles. The summed E-state index contributed by atoms with van der Waals surface area (Å²) in [6.07, 6.45) is -19.5. The first-order valence-electron chi connectivity index (χ1n) is 15.0. The highest BCUT2D eigenvalue weighted by Crippen LogP contribution is 2.47. The summed E-state index contributed by atoms with van der Waals surface area (Å²) >= 11 is 0. The molecule has 0 spiro atoms. The molecular weight excluding hydrogens is 704 g/mol. The Hall–Kier alpha value is -5.21. The van der Waals surface area contributed by atoms with Gasteiger partial charge >= 0.3 is 24.7 Å². The molecule has 4 heterocycles. The first kappa shape index (κ1) is 31.7. The number of benzene rings is 5. The van der Waals surface area contributed by atoms with Gasteiger partial charge in [0.15, 0.2) is 0 Å². The topological polar surface area (TPSA) is 21.7 Å². The third-order valence-electron chi connectivity index (χ3n) is 9.65. The van der Waals surface area contributed by atoms with Crippen LogP contribution in [0.3, 0.4) is 0 Å². The van der Waals surface area contributed by atoms with Crippen LogP contribution in [0, 0.1) is 0 Å². The van der Waals surface area contributed by atoms with Gasteiger partial charge in [-0.2, -0.15) is 52.7 Å². The summed E-state index contributed by atoms with van der Waals surface area (Å²) in [5.74, 6) is -0.256. The summed E-state index contributed by atoms with van der Waals surface area (Å²) in [7, 11) is 0. The molecule has 256 valence electrons. The summed E-state index contributed by atoms with van der Waals surface area (Å²) in [6, 6.07) is 11.6. The number of nitrogens with zero attached hydrogens (tertiary/aromatic N) is 1. The van der Waals surface area contributed by atoms with Crippen LogP contribution in [0.25, 0.3) is 0 Å². The van der Waals surface area contributed by atoms with E-state index in [9.17, 15) is 52.7 Å². The first-order valence-corrected chi connectivity index (χ1v) is 15.0. The maximum atomic E-state index is 14.2. The molecule has 9 rings (SSSR count). The number of anilines is 3. The van der Waals surface area contributed by atoms with Gasteiger partial charge in [0.05, 0.1) is 22.3 Å². The lowest BCUT2D eigenvalue weighted by atomic mass is 9.29. The quantitative estimate of drug-likeness (QED) is 0.124.